The Morgan fingerprint density at radius 2 is 1.80 bits per heavy atom. The van der Waals surface area contributed by atoms with Crippen LogP contribution < -0.4 is 0 Å². The van der Waals surface area contributed by atoms with E-state index in [9.17, 15) is 8.42 Å². The van der Waals surface area contributed by atoms with Crippen LogP contribution in [0.4, 0.5) is 0 Å². The zero-order chi connectivity index (χ0) is 11.1. The van der Waals surface area contributed by atoms with E-state index in [2.05, 4.69) is 9.37 Å². The number of hydrogen-bond donors (Lipinski definition) is 1. The molecule has 0 bridgehead atoms. The summed E-state index contributed by atoms with van der Waals surface area (Å²) in [6, 6.07) is 0. The standard InChI is InChI=1S/C7H15NO5S2/c9-12-13-14-7-15(10,11)8-5-3-1-2-4-6-8/h9H,1-7H2. The second-order valence-corrected chi connectivity index (χ2v) is 6.30. The molecule has 1 aliphatic heterocycles. The SMILES string of the molecule is O=S(=O)(CSOOO)N1CCCCCC1. The second kappa shape index (κ2) is 6.66. The van der Waals surface area contributed by atoms with E-state index in [0.29, 0.717) is 25.1 Å². The first-order chi connectivity index (χ1) is 7.17. The highest BCUT2D eigenvalue weighted by molar-refractivity contribution is 8.08. The fourth-order valence-corrected chi connectivity index (χ4v) is 3.59. The Balaban J connectivity index is 2.43. The van der Waals surface area contributed by atoms with Gasteiger partial charge in [-0.1, -0.05) is 17.9 Å². The van der Waals surface area contributed by atoms with Gasteiger partial charge in [-0.2, -0.15) is 0 Å². The van der Waals surface area contributed by atoms with Gasteiger partial charge in [-0.3, -0.25) is 0 Å². The van der Waals surface area contributed by atoms with Crippen molar-refractivity contribution < 1.29 is 23.0 Å². The highest BCUT2D eigenvalue weighted by Gasteiger charge is 2.23. The summed E-state index contributed by atoms with van der Waals surface area (Å²) < 4.78 is 28.9. The highest BCUT2D eigenvalue weighted by atomic mass is 32.3. The third kappa shape index (κ3) is 4.66. The lowest BCUT2D eigenvalue weighted by Crippen LogP contribution is -2.33. The molecule has 0 unspecified atom stereocenters. The fraction of sp³-hybridized carbons (Fsp3) is 1.00. The van der Waals surface area contributed by atoms with Gasteiger partial charge in [0.05, 0.1) is 12.0 Å². The Hall–Kier alpha value is 0.140. The van der Waals surface area contributed by atoms with Gasteiger partial charge in [0, 0.05) is 13.1 Å². The largest absolute Gasteiger partial charge is 0.225 e. The summed E-state index contributed by atoms with van der Waals surface area (Å²) in [5, 5.41) is 11.0. The molecule has 8 heteroatoms. The summed E-state index contributed by atoms with van der Waals surface area (Å²) in [5.74, 6) is 0. The molecule has 1 rings (SSSR count). The van der Waals surface area contributed by atoms with Gasteiger partial charge in [0.25, 0.3) is 0 Å². The quantitative estimate of drug-likeness (QED) is 0.345. The summed E-state index contributed by atoms with van der Waals surface area (Å²) >= 11 is 0.559. The van der Waals surface area contributed by atoms with Gasteiger partial charge < -0.3 is 0 Å². The molecule has 15 heavy (non-hydrogen) atoms. The van der Waals surface area contributed by atoms with Gasteiger partial charge in [-0.25, -0.2) is 18.0 Å². The first-order valence-corrected chi connectivity index (χ1v) is 7.26. The molecule has 1 aliphatic rings. The molecule has 0 spiro atoms. The lowest BCUT2D eigenvalue weighted by atomic mass is 10.2. The van der Waals surface area contributed by atoms with Crippen molar-refractivity contribution in [2.24, 2.45) is 0 Å². The maximum Gasteiger partial charge on any atom is 0.225 e. The van der Waals surface area contributed by atoms with Crippen molar-refractivity contribution >= 4 is 22.1 Å². The Labute approximate surface area is 93.7 Å². The van der Waals surface area contributed by atoms with Crippen molar-refractivity contribution in [2.75, 3.05) is 18.2 Å². The molecule has 1 saturated heterocycles. The minimum atomic E-state index is -3.30. The van der Waals surface area contributed by atoms with Gasteiger partial charge in [-0.05, 0) is 12.8 Å². The Bertz CT molecular complexity index is 261. The number of hydrogen-bond acceptors (Lipinski definition) is 6. The van der Waals surface area contributed by atoms with Crippen LogP contribution >= 0.6 is 12.0 Å². The molecule has 1 N–H and O–H groups in total. The van der Waals surface area contributed by atoms with Crippen LogP contribution in [0.15, 0.2) is 0 Å². The van der Waals surface area contributed by atoms with E-state index in [1.54, 1.807) is 0 Å². The zero-order valence-electron chi connectivity index (χ0n) is 8.29. The normalized spacial score (nSPS) is 20.1. The molecule has 6 nitrogen and oxygen atoms in total. The molecule has 0 amide bonds. The van der Waals surface area contributed by atoms with Gasteiger partial charge in [0.2, 0.25) is 10.0 Å². The van der Waals surface area contributed by atoms with Crippen molar-refractivity contribution in [3.05, 3.63) is 0 Å². The summed E-state index contributed by atoms with van der Waals surface area (Å²) in [7, 11) is -3.30. The second-order valence-electron chi connectivity index (χ2n) is 3.30. The van der Waals surface area contributed by atoms with Crippen molar-refractivity contribution in [3.63, 3.8) is 0 Å². The van der Waals surface area contributed by atoms with E-state index >= 15 is 0 Å². The maximum atomic E-state index is 11.7. The lowest BCUT2D eigenvalue weighted by Gasteiger charge is -2.18. The van der Waals surface area contributed by atoms with Crippen molar-refractivity contribution in [2.45, 2.75) is 25.7 Å². The third-order valence-electron chi connectivity index (χ3n) is 2.23. The summed E-state index contributed by atoms with van der Waals surface area (Å²) in [5.41, 5.74) is 0. The van der Waals surface area contributed by atoms with Gasteiger partial charge in [0.15, 0.2) is 0 Å². The Morgan fingerprint density at radius 1 is 1.20 bits per heavy atom. The fourth-order valence-electron chi connectivity index (χ4n) is 1.50. The molecule has 0 atom stereocenters. The minimum absolute atomic E-state index is 0.242. The van der Waals surface area contributed by atoms with Crippen LogP contribution in [0.2, 0.25) is 0 Å². The monoisotopic (exact) mass is 257 g/mol. The molecule has 0 aliphatic carbocycles. The molecule has 0 aromatic heterocycles. The van der Waals surface area contributed by atoms with Crippen LogP contribution in [0.25, 0.3) is 0 Å². The average Bonchev–Trinajstić information content (AvgIpc) is 2.46. The van der Waals surface area contributed by atoms with E-state index in [0.717, 1.165) is 25.7 Å². The predicted octanol–water partition coefficient (Wildman–Crippen LogP) is 1.22. The van der Waals surface area contributed by atoms with Crippen molar-refractivity contribution in [1.82, 2.24) is 4.31 Å². The van der Waals surface area contributed by atoms with E-state index < -0.39 is 10.0 Å². The van der Waals surface area contributed by atoms with Gasteiger partial charge in [0.1, 0.15) is 5.08 Å². The topological polar surface area (TPSA) is 76.1 Å². The van der Waals surface area contributed by atoms with E-state index in [1.807, 2.05) is 0 Å². The molecule has 1 fully saturated rings. The molecule has 1 heterocycles. The average molecular weight is 257 g/mol. The number of sulfonamides is 1. The molecular weight excluding hydrogens is 242 g/mol. The third-order valence-corrected chi connectivity index (χ3v) is 5.12. The van der Waals surface area contributed by atoms with Crippen molar-refractivity contribution in [3.8, 4) is 0 Å². The van der Waals surface area contributed by atoms with Crippen LogP contribution in [0, 0.1) is 0 Å². The number of rotatable bonds is 5. The van der Waals surface area contributed by atoms with Gasteiger partial charge >= 0.3 is 0 Å². The van der Waals surface area contributed by atoms with E-state index in [-0.39, 0.29) is 5.08 Å². The molecule has 0 aromatic rings. The van der Waals surface area contributed by atoms with E-state index in [1.165, 1.54) is 4.31 Å². The first kappa shape index (κ1) is 13.2. The highest BCUT2D eigenvalue weighted by Crippen LogP contribution is 2.17. The summed E-state index contributed by atoms with van der Waals surface area (Å²) in [6.07, 6.45) is 3.97. The lowest BCUT2D eigenvalue weighted by molar-refractivity contribution is -0.432. The maximum absolute atomic E-state index is 11.7. The predicted molar refractivity (Wildman–Crippen MR) is 56.2 cm³/mol. The summed E-state index contributed by atoms with van der Waals surface area (Å²) in [6.45, 7) is 1.14. The Kier molecular flexibility index (Phi) is 5.87. The van der Waals surface area contributed by atoms with Crippen LogP contribution in [0.3, 0.4) is 0 Å². The van der Waals surface area contributed by atoms with Crippen molar-refractivity contribution in [1.29, 1.82) is 0 Å². The smallest absolute Gasteiger partial charge is 0.220 e. The van der Waals surface area contributed by atoms with Crippen LogP contribution in [0.1, 0.15) is 25.7 Å². The van der Waals surface area contributed by atoms with E-state index in [4.69, 9.17) is 5.26 Å². The zero-order valence-corrected chi connectivity index (χ0v) is 9.93. The van der Waals surface area contributed by atoms with Crippen LogP contribution in [0.5, 0.6) is 0 Å². The number of nitrogens with zero attached hydrogens (tertiary/aromatic N) is 1. The van der Waals surface area contributed by atoms with Crippen LogP contribution in [-0.2, 0) is 19.4 Å². The molecule has 0 radical (unpaired) electrons. The van der Waals surface area contributed by atoms with Crippen LogP contribution in [-0.4, -0.2) is 36.2 Å². The molecule has 0 aromatic carbocycles. The first-order valence-electron chi connectivity index (χ1n) is 4.74. The minimum Gasteiger partial charge on any atom is -0.220 e. The molecule has 0 saturated carbocycles. The Morgan fingerprint density at radius 3 is 2.33 bits per heavy atom. The molecule has 90 valence electrons. The van der Waals surface area contributed by atoms with Gasteiger partial charge in [-0.15, -0.1) is 4.33 Å². The summed E-state index contributed by atoms with van der Waals surface area (Å²) in [4.78, 5) is 0. The molecular formula is C7H15NO5S2.